The Hall–Kier alpha value is -2.20. The fraction of sp³-hybridized carbons (Fsp3) is 0.143. The first-order valence-electron chi connectivity index (χ1n) is 5.69. The molecule has 4 nitrogen and oxygen atoms in total. The van der Waals surface area contributed by atoms with E-state index in [9.17, 15) is 10.1 Å². The molecule has 0 aromatic heterocycles. The zero-order chi connectivity index (χ0) is 13.1. The van der Waals surface area contributed by atoms with Crippen LogP contribution in [0.2, 0.25) is 0 Å². The molecule has 4 heteroatoms. The highest BCUT2D eigenvalue weighted by Gasteiger charge is 2.13. The highest BCUT2D eigenvalue weighted by molar-refractivity contribution is 5.73. The van der Waals surface area contributed by atoms with E-state index in [0.29, 0.717) is 5.56 Å². The first kappa shape index (κ1) is 12.3. The van der Waals surface area contributed by atoms with Crippen molar-refractivity contribution in [3.8, 4) is 11.1 Å². The van der Waals surface area contributed by atoms with Crippen LogP contribution >= 0.6 is 0 Å². The molecule has 0 bridgehead atoms. The summed E-state index contributed by atoms with van der Waals surface area (Å²) in [5, 5.41) is 11.0. The predicted octanol–water partition coefficient (Wildman–Crippen LogP) is 3.28. The maximum absolute atomic E-state index is 11.0. The fourth-order valence-electron chi connectivity index (χ4n) is 1.84. The van der Waals surface area contributed by atoms with Gasteiger partial charge in [0.2, 0.25) is 0 Å². The van der Waals surface area contributed by atoms with Crippen LogP contribution in [-0.2, 0) is 0 Å². The van der Waals surface area contributed by atoms with E-state index in [-0.39, 0.29) is 16.7 Å². The van der Waals surface area contributed by atoms with Crippen molar-refractivity contribution in [1.82, 2.24) is 0 Å². The van der Waals surface area contributed by atoms with Crippen LogP contribution in [0, 0.1) is 10.1 Å². The molecule has 2 aromatic rings. The van der Waals surface area contributed by atoms with Crippen LogP contribution in [0.4, 0.5) is 5.69 Å². The van der Waals surface area contributed by atoms with Gasteiger partial charge in [-0.25, -0.2) is 0 Å². The van der Waals surface area contributed by atoms with E-state index in [2.05, 4.69) is 0 Å². The number of nitrogens with two attached hydrogens (primary N) is 1. The van der Waals surface area contributed by atoms with Crippen molar-refractivity contribution in [1.29, 1.82) is 0 Å². The van der Waals surface area contributed by atoms with E-state index < -0.39 is 0 Å². The molecule has 0 spiro atoms. The zero-order valence-corrected chi connectivity index (χ0v) is 10.0. The zero-order valence-electron chi connectivity index (χ0n) is 10.0. The Labute approximate surface area is 105 Å². The molecule has 0 saturated heterocycles. The third-order valence-corrected chi connectivity index (χ3v) is 2.85. The number of rotatable bonds is 3. The molecule has 0 aliphatic heterocycles. The Balaban J connectivity index is 2.46. The molecule has 0 saturated carbocycles. The van der Waals surface area contributed by atoms with Crippen LogP contribution in [0.25, 0.3) is 11.1 Å². The van der Waals surface area contributed by atoms with E-state index >= 15 is 0 Å². The summed E-state index contributed by atoms with van der Waals surface area (Å²) in [5.74, 6) is 0. The molecule has 1 atom stereocenters. The molecule has 0 radical (unpaired) electrons. The largest absolute Gasteiger partial charge is 0.324 e. The van der Waals surface area contributed by atoms with Crippen LogP contribution in [0.5, 0.6) is 0 Å². The molecule has 2 aromatic carbocycles. The maximum atomic E-state index is 11.0. The standard InChI is InChI=1S/C14H14N2O2/c1-10(15)11-6-8-12(9-7-11)13-4-2-3-5-14(13)16(17)18/h2-10H,15H2,1H3. The van der Waals surface area contributed by atoms with Gasteiger partial charge in [-0.05, 0) is 24.1 Å². The molecule has 2 rings (SSSR count). The summed E-state index contributed by atoms with van der Waals surface area (Å²) in [6, 6.07) is 14.2. The van der Waals surface area contributed by atoms with E-state index in [1.807, 2.05) is 31.2 Å². The van der Waals surface area contributed by atoms with Gasteiger partial charge in [0.15, 0.2) is 0 Å². The number of para-hydroxylation sites is 1. The summed E-state index contributed by atoms with van der Waals surface area (Å²) in [4.78, 5) is 10.6. The minimum Gasteiger partial charge on any atom is -0.324 e. The monoisotopic (exact) mass is 242 g/mol. The molecule has 0 aliphatic rings. The van der Waals surface area contributed by atoms with Gasteiger partial charge in [0.1, 0.15) is 0 Å². The molecule has 0 fully saturated rings. The lowest BCUT2D eigenvalue weighted by molar-refractivity contribution is -0.384. The van der Waals surface area contributed by atoms with Crippen molar-refractivity contribution in [3.05, 3.63) is 64.2 Å². The normalized spacial score (nSPS) is 12.1. The van der Waals surface area contributed by atoms with Gasteiger partial charge in [-0.3, -0.25) is 10.1 Å². The predicted molar refractivity (Wildman–Crippen MR) is 71.1 cm³/mol. The van der Waals surface area contributed by atoms with Gasteiger partial charge in [0, 0.05) is 12.1 Å². The fourth-order valence-corrected chi connectivity index (χ4v) is 1.84. The molecule has 92 valence electrons. The SMILES string of the molecule is CC(N)c1ccc(-c2ccccc2[N+](=O)[O-])cc1. The number of benzene rings is 2. The van der Waals surface area contributed by atoms with Crippen molar-refractivity contribution < 1.29 is 4.92 Å². The molecule has 0 amide bonds. The Bertz CT molecular complexity index is 562. The molecule has 1 unspecified atom stereocenters. The minimum absolute atomic E-state index is 0.0372. The molecule has 0 heterocycles. The van der Waals surface area contributed by atoms with Gasteiger partial charge >= 0.3 is 0 Å². The van der Waals surface area contributed by atoms with E-state index in [1.54, 1.807) is 18.2 Å². The topological polar surface area (TPSA) is 69.2 Å². The first-order chi connectivity index (χ1) is 8.59. The van der Waals surface area contributed by atoms with Gasteiger partial charge < -0.3 is 5.73 Å². The second-order valence-electron chi connectivity index (χ2n) is 4.18. The molecule has 18 heavy (non-hydrogen) atoms. The van der Waals surface area contributed by atoms with Gasteiger partial charge in [0.25, 0.3) is 5.69 Å². The van der Waals surface area contributed by atoms with E-state index in [0.717, 1.165) is 11.1 Å². The van der Waals surface area contributed by atoms with Crippen molar-refractivity contribution in [2.45, 2.75) is 13.0 Å². The Kier molecular flexibility index (Phi) is 3.39. The van der Waals surface area contributed by atoms with Crippen LogP contribution in [0.1, 0.15) is 18.5 Å². The Morgan fingerprint density at radius 2 is 1.72 bits per heavy atom. The van der Waals surface area contributed by atoms with Gasteiger partial charge in [-0.1, -0.05) is 36.4 Å². The van der Waals surface area contributed by atoms with Crippen LogP contribution in [0.15, 0.2) is 48.5 Å². The Morgan fingerprint density at radius 1 is 1.11 bits per heavy atom. The van der Waals surface area contributed by atoms with E-state index in [4.69, 9.17) is 5.73 Å². The number of nitro benzene ring substituents is 1. The molecular formula is C14H14N2O2. The lowest BCUT2D eigenvalue weighted by Gasteiger charge is -2.07. The third kappa shape index (κ3) is 2.38. The van der Waals surface area contributed by atoms with Crippen molar-refractivity contribution in [2.75, 3.05) is 0 Å². The second-order valence-corrected chi connectivity index (χ2v) is 4.18. The van der Waals surface area contributed by atoms with Crippen LogP contribution in [-0.4, -0.2) is 4.92 Å². The van der Waals surface area contributed by atoms with Crippen LogP contribution in [0.3, 0.4) is 0 Å². The minimum atomic E-state index is -0.366. The van der Waals surface area contributed by atoms with Crippen molar-refractivity contribution in [3.63, 3.8) is 0 Å². The summed E-state index contributed by atoms with van der Waals surface area (Å²) in [6.07, 6.45) is 0. The van der Waals surface area contributed by atoms with E-state index in [1.165, 1.54) is 6.07 Å². The summed E-state index contributed by atoms with van der Waals surface area (Å²) in [6.45, 7) is 1.90. The van der Waals surface area contributed by atoms with Gasteiger partial charge in [-0.2, -0.15) is 0 Å². The molecule has 2 N–H and O–H groups in total. The maximum Gasteiger partial charge on any atom is 0.277 e. The summed E-state index contributed by atoms with van der Waals surface area (Å²) in [7, 11) is 0. The quantitative estimate of drug-likeness (QED) is 0.663. The highest BCUT2D eigenvalue weighted by atomic mass is 16.6. The highest BCUT2D eigenvalue weighted by Crippen LogP contribution is 2.29. The smallest absolute Gasteiger partial charge is 0.277 e. The second kappa shape index (κ2) is 4.98. The average molecular weight is 242 g/mol. The van der Waals surface area contributed by atoms with Gasteiger partial charge in [0.05, 0.1) is 10.5 Å². The summed E-state index contributed by atoms with van der Waals surface area (Å²) in [5.41, 5.74) is 8.35. The number of nitro groups is 1. The number of hydrogen-bond acceptors (Lipinski definition) is 3. The van der Waals surface area contributed by atoms with Gasteiger partial charge in [-0.15, -0.1) is 0 Å². The third-order valence-electron chi connectivity index (χ3n) is 2.85. The van der Waals surface area contributed by atoms with Crippen molar-refractivity contribution >= 4 is 5.69 Å². The summed E-state index contributed by atoms with van der Waals surface area (Å²) >= 11 is 0. The average Bonchev–Trinajstić information content (AvgIpc) is 2.39. The van der Waals surface area contributed by atoms with Crippen molar-refractivity contribution in [2.24, 2.45) is 5.73 Å². The lowest BCUT2D eigenvalue weighted by Crippen LogP contribution is -2.04. The Morgan fingerprint density at radius 3 is 2.28 bits per heavy atom. The number of hydrogen-bond donors (Lipinski definition) is 1. The molecule has 0 aliphatic carbocycles. The summed E-state index contributed by atoms with van der Waals surface area (Å²) < 4.78 is 0. The first-order valence-corrected chi connectivity index (χ1v) is 5.69. The number of nitrogens with zero attached hydrogens (tertiary/aromatic N) is 1. The van der Waals surface area contributed by atoms with Crippen LogP contribution < -0.4 is 5.73 Å². The molecular weight excluding hydrogens is 228 g/mol. The lowest BCUT2D eigenvalue weighted by atomic mass is 10.0.